The van der Waals surface area contributed by atoms with Crippen LogP contribution in [0.4, 0.5) is 4.79 Å². The summed E-state index contributed by atoms with van der Waals surface area (Å²) >= 11 is 0. The SMILES string of the molecule is CCN(CC)C1CCC(OC(=O)N(C)C(C)C(=O)c2ccc3c(c2)OCO3)CC1. The fourth-order valence-electron chi connectivity index (χ4n) is 4.12. The molecule has 7 heteroatoms. The lowest BCUT2D eigenvalue weighted by Gasteiger charge is -2.36. The van der Waals surface area contributed by atoms with Gasteiger partial charge in [0.1, 0.15) is 6.10 Å². The molecule has 7 nitrogen and oxygen atoms in total. The highest BCUT2D eigenvalue weighted by Gasteiger charge is 2.30. The van der Waals surface area contributed by atoms with Crippen molar-refractivity contribution in [3.8, 4) is 11.5 Å². The standard InChI is InChI=1S/C22H32N2O5/c1-5-24(6-2)17-8-10-18(11-9-17)29-22(26)23(4)15(3)21(25)16-7-12-19-20(13-16)28-14-27-19/h7,12-13,15,17-18H,5-6,8-11,14H2,1-4H3. The molecule has 3 rings (SSSR count). The molecule has 1 amide bonds. The maximum absolute atomic E-state index is 12.8. The second-order valence-corrected chi connectivity index (χ2v) is 7.75. The fraction of sp³-hybridized carbons (Fsp3) is 0.636. The maximum atomic E-state index is 12.8. The Hall–Kier alpha value is -2.28. The molecule has 0 bridgehead atoms. The van der Waals surface area contributed by atoms with Gasteiger partial charge in [-0.05, 0) is 63.9 Å². The average molecular weight is 405 g/mol. The van der Waals surface area contributed by atoms with Crippen molar-refractivity contribution in [2.24, 2.45) is 0 Å². The maximum Gasteiger partial charge on any atom is 0.410 e. The van der Waals surface area contributed by atoms with E-state index < -0.39 is 12.1 Å². The molecule has 1 fully saturated rings. The molecule has 1 aliphatic heterocycles. The molecule has 1 heterocycles. The summed E-state index contributed by atoms with van der Waals surface area (Å²) in [6.45, 7) is 8.34. The Kier molecular flexibility index (Phi) is 7.00. The Labute approximate surface area is 172 Å². The van der Waals surface area contributed by atoms with Crippen LogP contribution in [-0.2, 0) is 4.74 Å². The van der Waals surface area contributed by atoms with Gasteiger partial charge in [0.2, 0.25) is 6.79 Å². The fourth-order valence-corrected chi connectivity index (χ4v) is 4.12. The molecule has 1 aromatic rings. The smallest absolute Gasteiger partial charge is 0.410 e. The van der Waals surface area contributed by atoms with Gasteiger partial charge in [-0.15, -0.1) is 0 Å². The van der Waals surface area contributed by atoms with E-state index in [1.54, 1.807) is 32.2 Å². The summed E-state index contributed by atoms with van der Waals surface area (Å²) in [7, 11) is 1.61. The molecule has 29 heavy (non-hydrogen) atoms. The third-order valence-electron chi connectivity index (χ3n) is 6.15. The van der Waals surface area contributed by atoms with Crippen LogP contribution < -0.4 is 9.47 Å². The Morgan fingerprint density at radius 1 is 1.10 bits per heavy atom. The van der Waals surface area contributed by atoms with Gasteiger partial charge in [0.25, 0.3) is 0 Å². The number of benzene rings is 1. The van der Waals surface area contributed by atoms with E-state index >= 15 is 0 Å². The number of nitrogens with zero attached hydrogens (tertiary/aromatic N) is 2. The molecular weight excluding hydrogens is 372 g/mol. The quantitative estimate of drug-likeness (QED) is 0.646. The summed E-state index contributed by atoms with van der Waals surface area (Å²) in [6, 6.07) is 5.02. The van der Waals surface area contributed by atoms with E-state index in [-0.39, 0.29) is 18.7 Å². The molecule has 0 N–H and O–H groups in total. The molecule has 0 radical (unpaired) electrons. The van der Waals surface area contributed by atoms with E-state index in [2.05, 4.69) is 18.7 Å². The average Bonchev–Trinajstić information content (AvgIpc) is 3.22. The molecule has 1 unspecified atom stereocenters. The molecule has 1 atom stereocenters. The van der Waals surface area contributed by atoms with Crippen LogP contribution in [0.3, 0.4) is 0 Å². The first-order valence-electron chi connectivity index (χ1n) is 10.6. The lowest BCUT2D eigenvalue weighted by atomic mass is 9.92. The number of hydrogen-bond donors (Lipinski definition) is 0. The number of carbonyl (C=O) groups is 2. The molecule has 0 aromatic heterocycles. The summed E-state index contributed by atoms with van der Waals surface area (Å²) in [5, 5.41) is 0. The molecule has 0 saturated heterocycles. The van der Waals surface area contributed by atoms with Crippen molar-refractivity contribution in [1.82, 2.24) is 9.80 Å². The van der Waals surface area contributed by atoms with E-state index in [9.17, 15) is 9.59 Å². The highest BCUT2D eigenvalue weighted by Crippen LogP contribution is 2.33. The third kappa shape index (κ3) is 4.83. The van der Waals surface area contributed by atoms with Crippen LogP contribution in [0.2, 0.25) is 0 Å². The van der Waals surface area contributed by atoms with Crippen LogP contribution in [0.15, 0.2) is 18.2 Å². The van der Waals surface area contributed by atoms with Gasteiger partial charge in [0.15, 0.2) is 17.3 Å². The zero-order valence-corrected chi connectivity index (χ0v) is 17.8. The first-order valence-corrected chi connectivity index (χ1v) is 10.6. The van der Waals surface area contributed by atoms with Crippen molar-refractivity contribution in [2.75, 3.05) is 26.9 Å². The predicted molar refractivity (Wildman–Crippen MR) is 110 cm³/mol. The summed E-state index contributed by atoms with van der Waals surface area (Å²) in [4.78, 5) is 29.3. The van der Waals surface area contributed by atoms with Crippen molar-refractivity contribution in [3.63, 3.8) is 0 Å². The topological polar surface area (TPSA) is 68.3 Å². The molecule has 160 valence electrons. The van der Waals surface area contributed by atoms with Gasteiger partial charge in [-0.3, -0.25) is 4.79 Å². The first-order chi connectivity index (χ1) is 13.9. The van der Waals surface area contributed by atoms with Gasteiger partial charge >= 0.3 is 6.09 Å². The third-order valence-corrected chi connectivity index (χ3v) is 6.15. The number of hydrogen-bond acceptors (Lipinski definition) is 6. The molecule has 1 aliphatic carbocycles. The Balaban J connectivity index is 1.52. The van der Waals surface area contributed by atoms with E-state index in [0.29, 0.717) is 23.1 Å². The van der Waals surface area contributed by atoms with Gasteiger partial charge in [-0.1, -0.05) is 13.8 Å². The van der Waals surface area contributed by atoms with Crippen LogP contribution in [0.25, 0.3) is 0 Å². The summed E-state index contributed by atoms with van der Waals surface area (Å²) in [5.74, 6) is 1.02. The highest BCUT2D eigenvalue weighted by molar-refractivity contribution is 6.01. The van der Waals surface area contributed by atoms with Crippen LogP contribution in [0, 0.1) is 0 Å². The van der Waals surface area contributed by atoms with Crippen LogP contribution in [0.5, 0.6) is 11.5 Å². The lowest BCUT2D eigenvalue weighted by molar-refractivity contribution is 0.0269. The molecular formula is C22H32N2O5. The number of ketones is 1. The minimum Gasteiger partial charge on any atom is -0.454 e. The molecule has 1 saturated carbocycles. The predicted octanol–water partition coefficient (Wildman–Crippen LogP) is 3.71. The molecule has 1 aromatic carbocycles. The van der Waals surface area contributed by atoms with Gasteiger partial charge in [0.05, 0.1) is 6.04 Å². The van der Waals surface area contributed by atoms with E-state index in [1.165, 1.54) is 4.90 Å². The van der Waals surface area contributed by atoms with Crippen molar-refractivity contribution in [2.45, 2.75) is 64.6 Å². The Bertz CT molecular complexity index is 726. The Morgan fingerprint density at radius 3 is 2.41 bits per heavy atom. The number of carbonyl (C=O) groups excluding carboxylic acids is 2. The summed E-state index contributed by atoms with van der Waals surface area (Å²) < 4.78 is 16.3. The monoisotopic (exact) mass is 404 g/mol. The minimum atomic E-state index is -0.630. The second-order valence-electron chi connectivity index (χ2n) is 7.75. The van der Waals surface area contributed by atoms with E-state index in [4.69, 9.17) is 14.2 Å². The van der Waals surface area contributed by atoms with Crippen molar-refractivity contribution < 1.29 is 23.8 Å². The van der Waals surface area contributed by atoms with Crippen molar-refractivity contribution in [1.29, 1.82) is 0 Å². The van der Waals surface area contributed by atoms with Crippen LogP contribution in [-0.4, -0.2) is 66.8 Å². The van der Waals surface area contributed by atoms with E-state index in [1.807, 2.05) is 0 Å². The normalized spacial score (nSPS) is 21.7. The van der Waals surface area contributed by atoms with Crippen LogP contribution in [0.1, 0.15) is 56.8 Å². The number of likely N-dealkylation sites (N-methyl/N-ethyl adjacent to an activating group) is 1. The summed E-state index contributed by atoms with van der Waals surface area (Å²) in [6.07, 6.45) is 3.28. The van der Waals surface area contributed by atoms with E-state index in [0.717, 1.165) is 38.8 Å². The number of amides is 1. The van der Waals surface area contributed by atoms with Crippen LogP contribution >= 0.6 is 0 Å². The van der Waals surface area contributed by atoms with Gasteiger partial charge in [-0.25, -0.2) is 4.79 Å². The zero-order valence-electron chi connectivity index (χ0n) is 17.8. The Morgan fingerprint density at radius 2 is 1.76 bits per heavy atom. The number of ether oxygens (including phenoxy) is 3. The first kappa shape index (κ1) is 21.4. The largest absolute Gasteiger partial charge is 0.454 e. The molecule has 2 aliphatic rings. The number of rotatable bonds is 7. The van der Waals surface area contributed by atoms with Gasteiger partial charge in [0, 0.05) is 18.7 Å². The number of fused-ring (bicyclic) bond motifs is 1. The highest BCUT2D eigenvalue weighted by atomic mass is 16.7. The van der Waals surface area contributed by atoms with Gasteiger partial charge < -0.3 is 24.0 Å². The van der Waals surface area contributed by atoms with Gasteiger partial charge in [-0.2, -0.15) is 0 Å². The summed E-state index contributed by atoms with van der Waals surface area (Å²) in [5.41, 5.74) is 0.487. The van der Waals surface area contributed by atoms with Crippen molar-refractivity contribution in [3.05, 3.63) is 23.8 Å². The lowest BCUT2D eigenvalue weighted by Crippen LogP contribution is -2.44. The zero-order chi connectivity index (χ0) is 21.0. The second kappa shape index (κ2) is 9.48. The minimum absolute atomic E-state index is 0.0791. The van der Waals surface area contributed by atoms with Crippen molar-refractivity contribution >= 4 is 11.9 Å². The number of Topliss-reactive ketones (excluding diaryl/α,β-unsaturated/α-hetero) is 1. The molecule has 0 spiro atoms.